The van der Waals surface area contributed by atoms with Gasteiger partial charge in [-0.05, 0) is 41.5 Å². The minimum atomic E-state index is 0.0542. The second-order valence-corrected chi connectivity index (χ2v) is 6.45. The average Bonchev–Trinajstić information content (AvgIpc) is 3.28. The number of carbonyl (C=O) groups excluding carboxylic acids is 1. The van der Waals surface area contributed by atoms with Gasteiger partial charge in [-0.15, -0.1) is 0 Å². The first kappa shape index (κ1) is 13.7. The van der Waals surface area contributed by atoms with Crippen molar-refractivity contribution in [3.8, 4) is 0 Å². The van der Waals surface area contributed by atoms with Crippen molar-refractivity contribution in [3.63, 3.8) is 0 Å². The van der Waals surface area contributed by atoms with E-state index >= 15 is 0 Å². The van der Waals surface area contributed by atoms with Crippen LogP contribution < -0.4 is 16.2 Å². The molecule has 114 valence electrons. The van der Waals surface area contributed by atoms with E-state index in [2.05, 4.69) is 40.4 Å². The minimum Gasteiger partial charge on any atom is -0.339 e. The van der Waals surface area contributed by atoms with E-state index in [4.69, 9.17) is 0 Å². The first-order chi connectivity index (χ1) is 10.8. The SMILES string of the molecule is O=C(Cc1ccc2ccccc2c1)NC1CC(C2CC2)NN1. The van der Waals surface area contributed by atoms with Crippen molar-refractivity contribution >= 4 is 16.7 Å². The highest BCUT2D eigenvalue weighted by atomic mass is 16.1. The summed E-state index contributed by atoms with van der Waals surface area (Å²) in [6, 6.07) is 15.0. The van der Waals surface area contributed by atoms with Gasteiger partial charge in [0, 0.05) is 6.04 Å². The highest BCUT2D eigenvalue weighted by Gasteiger charge is 2.36. The fraction of sp³-hybridized carbons (Fsp3) is 0.389. The molecule has 22 heavy (non-hydrogen) atoms. The molecular weight excluding hydrogens is 274 g/mol. The summed E-state index contributed by atoms with van der Waals surface area (Å²) in [4.78, 5) is 12.2. The Labute approximate surface area is 130 Å². The maximum Gasteiger partial charge on any atom is 0.225 e. The highest BCUT2D eigenvalue weighted by molar-refractivity contribution is 5.85. The number of nitrogens with one attached hydrogen (secondary N) is 3. The van der Waals surface area contributed by atoms with Crippen molar-refractivity contribution in [3.05, 3.63) is 48.0 Å². The number of carbonyl (C=O) groups is 1. The van der Waals surface area contributed by atoms with Crippen LogP contribution in [0.15, 0.2) is 42.5 Å². The lowest BCUT2D eigenvalue weighted by Crippen LogP contribution is -2.45. The molecule has 1 aliphatic heterocycles. The number of amides is 1. The Kier molecular flexibility index (Phi) is 3.56. The Morgan fingerprint density at radius 2 is 1.91 bits per heavy atom. The topological polar surface area (TPSA) is 53.2 Å². The molecule has 2 unspecified atom stereocenters. The zero-order chi connectivity index (χ0) is 14.9. The molecule has 1 saturated heterocycles. The average molecular weight is 295 g/mol. The smallest absolute Gasteiger partial charge is 0.225 e. The molecule has 4 nitrogen and oxygen atoms in total. The lowest BCUT2D eigenvalue weighted by molar-refractivity contribution is -0.121. The summed E-state index contributed by atoms with van der Waals surface area (Å²) >= 11 is 0. The molecule has 3 N–H and O–H groups in total. The molecule has 1 heterocycles. The van der Waals surface area contributed by atoms with E-state index in [0.29, 0.717) is 12.5 Å². The molecule has 0 aromatic heterocycles. The Morgan fingerprint density at radius 1 is 1.09 bits per heavy atom. The van der Waals surface area contributed by atoms with Crippen LogP contribution in [0.4, 0.5) is 0 Å². The van der Waals surface area contributed by atoms with Gasteiger partial charge in [0.15, 0.2) is 0 Å². The van der Waals surface area contributed by atoms with E-state index < -0.39 is 0 Å². The van der Waals surface area contributed by atoms with Crippen LogP contribution in [0, 0.1) is 5.92 Å². The van der Waals surface area contributed by atoms with Crippen LogP contribution in [0.25, 0.3) is 10.8 Å². The van der Waals surface area contributed by atoms with Crippen molar-refractivity contribution < 1.29 is 4.79 Å². The van der Waals surface area contributed by atoms with Crippen molar-refractivity contribution in [2.75, 3.05) is 0 Å². The molecule has 1 aliphatic carbocycles. The second kappa shape index (κ2) is 5.71. The molecule has 2 aromatic rings. The minimum absolute atomic E-state index is 0.0542. The van der Waals surface area contributed by atoms with Gasteiger partial charge in [0.2, 0.25) is 5.91 Å². The second-order valence-electron chi connectivity index (χ2n) is 6.45. The predicted molar refractivity (Wildman–Crippen MR) is 87.0 cm³/mol. The van der Waals surface area contributed by atoms with Crippen molar-refractivity contribution in [1.82, 2.24) is 16.2 Å². The fourth-order valence-corrected chi connectivity index (χ4v) is 3.26. The molecule has 4 heteroatoms. The summed E-state index contributed by atoms with van der Waals surface area (Å²) in [5.74, 6) is 0.876. The third-order valence-corrected chi connectivity index (χ3v) is 4.64. The number of hydrogen-bond acceptors (Lipinski definition) is 3. The lowest BCUT2D eigenvalue weighted by Gasteiger charge is -2.12. The van der Waals surface area contributed by atoms with Gasteiger partial charge < -0.3 is 5.32 Å². The van der Waals surface area contributed by atoms with Crippen molar-refractivity contribution in [2.24, 2.45) is 5.92 Å². The Balaban J connectivity index is 1.36. The maximum absolute atomic E-state index is 12.2. The molecule has 2 aromatic carbocycles. The number of benzene rings is 2. The molecule has 0 spiro atoms. The Hall–Kier alpha value is -1.91. The van der Waals surface area contributed by atoms with Gasteiger partial charge in [-0.1, -0.05) is 42.5 Å². The molecule has 2 aliphatic rings. The first-order valence-electron chi connectivity index (χ1n) is 8.06. The zero-order valence-corrected chi connectivity index (χ0v) is 12.5. The van der Waals surface area contributed by atoms with Crippen LogP contribution in [0.3, 0.4) is 0 Å². The maximum atomic E-state index is 12.2. The van der Waals surface area contributed by atoms with E-state index in [1.807, 2.05) is 18.2 Å². The predicted octanol–water partition coefficient (Wildman–Crippen LogP) is 2.10. The highest BCUT2D eigenvalue weighted by Crippen LogP contribution is 2.35. The van der Waals surface area contributed by atoms with Gasteiger partial charge in [-0.3, -0.25) is 10.2 Å². The van der Waals surface area contributed by atoms with Gasteiger partial charge >= 0.3 is 0 Å². The molecular formula is C18H21N3O. The third kappa shape index (κ3) is 2.98. The normalized spacial score (nSPS) is 24.5. The Bertz CT molecular complexity index is 696. The van der Waals surface area contributed by atoms with Gasteiger partial charge in [0.05, 0.1) is 12.6 Å². The summed E-state index contributed by atoms with van der Waals surface area (Å²) in [5, 5.41) is 5.47. The number of fused-ring (bicyclic) bond motifs is 1. The van der Waals surface area contributed by atoms with E-state index in [0.717, 1.165) is 17.9 Å². The number of rotatable bonds is 4. The van der Waals surface area contributed by atoms with Gasteiger partial charge in [0.25, 0.3) is 0 Å². The van der Waals surface area contributed by atoms with E-state index in [1.165, 1.54) is 23.6 Å². The van der Waals surface area contributed by atoms with E-state index in [1.54, 1.807) is 0 Å². The third-order valence-electron chi connectivity index (χ3n) is 4.64. The van der Waals surface area contributed by atoms with Gasteiger partial charge in [-0.25, -0.2) is 5.43 Å². The van der Waals surface area contributed by atoms with Crippen LogP contribution >= 0.6 is 0 Å². The van der Waals surface area contributed by atoms with Gasteiger partial charge in [-0.2, -0.15) is 0 Å². The van der Waals surface area contributed by atoms with E-state index in [-0.39, 0.29) is 12.1 Å². The first-order valence-corrected chi connectivity index (χ1v) is 8.06. The Morgan fingerprint density at radius 3 is 2.73 bits per heavy atom. The fourth-order valence-electron chi connectivity index (χ4n) is 3.26. The van der Waals surface area contributed by atoms with Crippen LogP contribution in [-0.4, -0.2) is 18.1 Å². The van der Waals surface area contributed by atoms with E-state index in [9.17, 15) is 4.79 Å². The van der Waals surface area contributed by atoms with Crippen LogP contribution in [0.5, 0.6) is 0 Å². The molecule has 0 radical (unpaired) electrons. The molecule has 4 rings (SSSR count). The quantitative estimate of drug-likeness (QED) is 0.809. The summed E-state index contributed by atoms with van der Waals surface area (Å²) in [6.07, 6.45) is 4.10. The molecule has 2 atom stereocenters. The van der Waals surface area contributed by atoms with Crippen LogP contribution in [0.1, 0.15) is 24.8 Å². The monoisotopic (exact) mass is 295 g/mol. The standard InChI is InChI=1S/C18H21N3O/c22-18(19-17-11-16(20-21-17)14-7-8-14)10-12-5-6-13-3-1-2-4-15(13)9-12/h1-6,9,14,16-17,20-21H,7-8,10-11H2,(H,19,22). The molecule has 2 fully saturated rings. The zero-order valence-electron chi connectivity index (χ0n) is 12.5. The summed E-state index contributed by atoms with van der Waals surface area (Å²) in [5.41, 5.74) is 7.55. The molecule has 0 bridgehead atoms. The number of hydrogen-bond donors (Lipinski definition) is 3. The van der Waals surface area contributed by atoms with Crippen molar-refractivity contribution in [1.29, 1.82) is 0 Å². The summed E-state index contributed by atoms with van der Waals surface area (Å²) in [7, 11) is 0. The summed E-state index contributed by atoms with van der Waals surface area (Å²) < 4.78 is 0. The lowest BCUT2D eigenvalue weighted by atomic mass is 10.0. The molecule has 1 amide bonds. The number of hydrazine groups is 1. The van der Waals surface area contributed by atoms with Crippen molar-refractivity contribution in [2.45, 2.75) is 37.9 Å². The van der Waals surface area contributed by atoms with Crippen LogP contribution in [-0.2, 0) is 11.2 Å². The molecule has 1 saturated carbocycles. The summed E-state index contributed by atoms with van der Waals surface area (Å²) in [6.45, 7) is 0. The van der Waals surface area contributed by atoms with Crippen LogP contribution in [0.2, 0.25) is 0 Å². The largest absolute Gasteiger partial charge is 0.339 e. The van der Waals surface area contributed by atoms with Gasteiger partial charge in [0.1, 0.15) is 0 Å².